The lowest BCUT2D eigenvalue weighted by Gasteiger charge is -2.31. The molecular formula is C13H27ClN2. The molecule has 2 nitrogen and oxygen atoms in total. The summed E-state index contributed by atoms with van der Waals surface area (Å²) in [6.07, 6.45) is 5.37. The van der Waals surface area contributed by atoms with Gasteiger partial charge in [0.15, 0.2) is 0 Å². The van der Waals surface area contributed by atoms with Gasteiger partial charge in [0.2, 0.25) is 0 Å². The molecule has 0 aromatic heterocycles. The van der Waals surface area contributed by atoms with E-state index in [0.717, 1.165) is 25.5 Å². The molecule has 1 aliphatic carbocycles. The molecular weight excluding hydrogens is 220 g/mol. The van der Waals surface area contributed by atoms with E-state index in [-0.39, 0.29) is 0 Å². The average Bonchev–Trinajstić information content (AvgIpc) is 2.35. The molecule has 0 amide bonds. The summed E-state index contributed by atoms with van der Waals surface area (Å²) in [6.45, 7) is 9.04. The summed E-state index contributed by atoms with van der Waals surface area (Å²) >= 11 is 6.02. The maximum atomic E-state index is 6.02. The monoisotopic (exact) mass is 246 g/mol. The van der Waals surface area contributed by atoms with Crippen molar-refractivity contribution in [2.45, 2.75) is 45.6 Å². The van der Waals surface area contributed by atoms with Crippen molar-refractivity contribution < 1.29 is 0 Å². The minimum atomic E-state index is 0.668. The van der Waals surface area contributed by atoms with Crippen molar-refractivity contribution in [3.05, 3.63) is 0 Å². The highest BCUT2D eigenvalue weighted by atomic mass is 35.5. The predicted octanol–water partition coefficient (Wildman–Crippen LogP) is 2.72. The molecule has 1 aliphatic rings. The van der Waals surface area contributed by atoms with Crippen molar-refractivity contribution in [3.8, 4) is 0 Å². The lowest BCUT2D eigenvalue weighted by molar-refractivity contribution is 0.254. The smallest absolute Gasteiger partial charge is 0.0266 e. The molecule has 1 fully saturated rings. The summed E-state index contributed by atoms with van der Waals surface area (Å²) in [5, 5.41) is 3.70. The zero-order valence-electron chi connectivity index (χ0n) is 10.8. The van der Waals surface area contributed by atoms with Crippen LogP contribution in [0.25, 0.3) is 0 Å². The number of hydrogen-bond donors (Lipinski definition) is 1. The average molecular weight is 247 g/mol. The first-order chi connectivity index (χ1) is 7.81. The fraction of sp³-hybridized carbons (Fsp3) is 1.00. The number of nitrogens with zero attached hydrogens (tertiary/aromatic N) is 1. The second-order valence-corrected chi connectivity index (χ2v) is 5.09. The predicted molar refractivity (Wildman–Crippen MR) is 72.3 cm³/mol. The van der Waals surface area contributed by atoms with Gasteiger partial charge in [-0.2, -0.15) is 0 Å². The quantitative estimate of drug-likeness (QED) is 0.695. The third kappa shape index (κ3) is 4.60. The van der Waals surface area contributed by atoms with Gasteiger partial charge >= 0.3 is 0 Å². The highest BCUT2D eigenvalue weighted by molar-refractivity contribution is 6.18. The van der Waals surface area contributed by atoms with E-state index in [9.17, 15) is 0 Å². The van der Waals surface area contributed by atoms with Gasteiger partial charge in [0.05, 0.1) is 0 Å². The van der Waals surface area contributed by atoms with Gasteiger partial charge < -0.3 is 10.2 Å². The van der Waals surface area contributed by atoms with E-state index in [4.69, 9.17) is 11.6 Å². The molecule has 1 rings (SSSR count). The van der Waals surface area contributed by atoms with Gasteiger partial charge in [-0.1, -0.05) is 26.7 Å². The molecule has 1 N–H and O–H groups in total. The molecule has 0 aromatic carbocycles. The molecule has 0 heterocycles. The van der Waals surface area contributed by atoms with E-state index >= 15 is 0 Å². The van der Waals surface area contributed by atoms with Crippen molar-refractivity contribution in [2.24, 2.45) is 5.92 Å². The van der Waals surface area contributed by atoms with Crippen LogP contribution in [0.1, 0.15) is 39.5 Å². The summed E-state index contributed by atoms with van der Waals surface area (Å²) in [5.74, 6) is 1.52. The zero-order valence-corrected chi connectivity index (χ0v) is 11.6. The van der Waals surface area contributed by atoms with Crippen LogP contribution in [0.5, 0.6) is 0 Å². The molecule has 1 saturated carbocycles. The van der Waals surface area contributed by atoms with Crippen LogP contribution < -0.4 is 5.32 Å². The molecule has 96 valence electrons. The van der Waals surface area contributed by atoms with Gasteiger partial charge in [0.1, 0.15) is 0 Å². The number of halogens is 1. The number of nitrogens with one attached hydrogen (secondary N) is 1. The summed E-state index contributed by atoms with van der Waals surface area (Å²) in [4.78, 5) is 2.46. The van der Waals surface area contributed by atoms with Gasteiger partial charge in [-0.05, 0) is 31.8 Å². The Morgan fingerprint density at radius 2 is 1.88 bits per heavy atom. The van der Waals surface area contributed by atoms with E-state index < -0.39 is 0 Å². The molecule has 0 bridgehead atoms. The normalized spacial score (nSPS) is 26.2. The van der Waals surface area contributed by atoms with Crippen LogP contribution in [0, 0.1) is 5.92 Å². The number of hydrogen-bond acceptors (Lipinski definition) is 2. The topological polar surface area (TPSA) is 15.3 Å². The summed E-state index contributed by atoms with van der Waals surface area (Å²) < 4.78 is 0. The van der Waals surface area contributed by atoms with Crippen LogP contribution >= 0.6 is 11.6 Å². The molecule has 0 radical (unpaired) electrons. The van der Waals surface area contributed by atoms with E-state index in [1.54, 1.807) is 0 Å². The molecule has 3 heteroatoms. The van der Waals surface area contributed by atoms with Crippen LogP contribution in [0.3, 0.4) is 0 Å². The summed E-state index contributed by atoms with van der Waals surface area (Å²) in [7, 11) is 0. The molecule has 16 heavy (non-hydrogen) atoms. The van der Waals surface area contributed by atoms with Crippen LogP contribution in [-0.4, -0.2) is 43.0 Å². The minimum Gasteiger partial charge on any atom is -0.312 e. The Hall–Kier alpha value is 0.210. The standard InChI is InChI=1S/C13H27ClN2/c1-3-16(4-2)10-9-15-13-8-6-5-7-12(13)11-14/h12-13,15H,3-11H2,1-2H3. The van der Waals surface area contributed by atoms with Crippen LogP contribution in [0.4, 0.5) is 0 Å². The van der Waals surface area contributed by atoms with Crippen molar-refractivity contribution in [1.82, 2.24) is 10.2 Å². The van der Waals surface area contributed by atoms with Gasteiger partial charge in [0, 0.05) is 25.0 Å². The number of rotatable bonds is 7. The molecule has 0 aliphatic heterocycles. The first-order valence-corrected chi connectivity index (χ1v) is 7.36. The maximum absolute atomic E-state index is 6.02. The third-order valence-corrected chi connectivity index (χ3v) is 4.23. The second kappa shape index (κ2) is 8.32. The van der Waals surface area contributed by atoms with Gasteiger partial charge in [0.25, 0.3) is 0 Å². The van der Waals surface area contributed by atoms with E-state index in [0.29, 0.717) is 12.0 Å². The van der Waals surface area contributed by atoms with Crippen LogP contribution in [0.15, 0.2) is 0 Å². The first-order valence-electron chi connectivity index (χ1n) is 6.83. The Kier molecular flexibility index (Phi) is 7.42. The zero-order chi connectivity index (χ0) is 11.8. The fourth-order valence-corrected chi connectivity index (χ4v) is 2.98. The lowest BCUT2D eigenvalue weighted by Crippen LogP contribution is -2.43. The largest absolute Gasteiger partial charge is 0.312 e. The molecule has 0 aromatic rings. The minimum absolute atomic E-state index is 0.668. The second-order valence-electron chi connectivity index (χ2n) is 4.79. The third-order valence-electron chi connectivity index (χ3n) is 3.84. The van der Waals surface area contributed by atoms with Gasteiger partial charge in [-0.25, -0.2) is 0 Å². The maximum Gasteiger partial charge on any atom is 0.0266 e. The summed E-state index contributed by atoms with van der Waals surface area (Å²) in [5.41, 5.74) is 0. The molecule has 0 spiro atoms. The molecule has 0 saturated heterocycles. The van der Waals surface area contributed by atoms with Crippen molar-refractivity contribution in [1.29, 1.82) is 0 Å². The van der Waals surface area contributed by atoms with E-state index in [2.05, 4.69) is 24.1 Å². The SMILES string of the molecule is CCN(CC)CCNC1CCCCC1CCl. The molecule has 2 unspecified atom stereocenters. The van der Waals surface area contributed by atoms with Crippen LogP contribution in [0.2, 0.25) is 0 Å². The Bertz CT molecular complexity index is 171. The number of likely N-dealkylation sites (N-methyl/N-ethyl adjacent to an activating group) is 1. The lowest BCUT2D eigenvalue weighted by atomic mass is 9.86. The molecule has 2 atom stereocenters. The van der Waals surface area contributed by atoms with Gasteiger partial charge in [-0.3, -0.25) is 0 Å². The van der Waals surface area contributed by atoms with Crippen molar-refractivity contribution in [3.63, 3.8) is 0 Å². The highest BCUT2D eigenvalue weighted by Gasteiger charge is 2.23. The number of alkyl halides is 1. The summed E-state index contributed by atoms with van der Waals surface area (Å²) in [6, 6.07) is 0.668. The highest BCUT2D eigenvalue weighted by Crippen LogP contribution is 2.25. The first kappa shape index (κ1) is 14.3. The Morgan fingerprint density at radius 3 is 2.50 bits per heavy atom. The Labute approximate surface area is 106 Å². The van der Waals surface area contributed by atoms with E-state index in [1.807, 2.05) is 0 Å². The fourth-order valence-electron chi connectivity index (χ4n) is 2.61. The van der Waals surface area contributed by atoms with E-state index in [1.165, 1.54) is 32.2 Å². The van der Waals surface area contributed by atoms with Gasteiger partial charge in [-0.15, -0.1) is 11.6 Å². The Morgan fingerprint density at radius 1 is 1.19 bits per heavy atom. The van der Waals surface area contributed by atoms with Crippen molar-refractivity contribution in [2.75, 3.05) is 32.1 Å². The van der Waals surface area contributed by atoms with Crippen molar-refractivity contribution >= 4 is 11.6 Å². The Balaban J connectivity index is 2.19. The van der Waals surface area contributed by atoms with Crippen LogP contribution in [-0.2, 0) is 0 Å².